The fourth-order valence-corrected chi connectivity index (χ4v) is 2.88. The van der Waals surface area contributed by atoms with E-state index in [1.807, 2.05) is 30.1 Å². The molecule has 2 aromatic carbocycles. The highest BCUT2D eigenvalue weighted by Crippen LogP contribution is 2.32. The van der Waals surface area contributed by atoms with Crippen LogP contribution in [0, 0.1) is 0 Å². The molecule has 0 aliphatic heterocycles. The third-order valence-electron chi connectivity index (χ3n) is 4.63. The minimum Gasteiger partial charge on any atom is -0.478 e. The van der Waals surface area contributed by atoms with Gasteiger partial charge in [-0.2, -0.15) is 0 Å². The maximum Gasteiger partial charge on any atom is 0.335 e. The van der Waals surface area contributed by atoms with Gasteiger partial charge in [0.15, 0.2) is 11.4 Å². The van der Waals surface area contributed by atoms with Crippen molar-refractivity contribution in [3.05, 3.63) is 48.2 Å². The third-order valence-corrected chi connectivity index (χ3v) is 4.63. The molecule has 0 aliphatic carbocycles. The van der Waals surface area contributed by atoms with Crippen LogP contribution >= 0.6 is 0 Å². The highest BCUT2D eigenvalue weighted by Gasteiger charge is 2.18. The van der Waals surface area contributed by atoms with E-state index in [4.69, 9.17) is 14.5 Å². The molecule has 2 heterocycles. The first-order valence-electron chi connectivity index (χ1n) is 8.57. The van der Waals surface area contributed by atoms with Gasteiger partial charge in [0.05, 0.1) is 22.8 Å². The van der Waals surface area contributed by atoms with Crippen molar-refractivity contribution in [2.45, 2.75) is 19.9 Å². The lowest BCUT2D eigenvalue weighted by molar-refractivity contribution is 0.0697. The van der Waals surface area contributed by atoms with Crippen LogP contribution in [-0.2, 0) is 0 Å². The molecule has 0 atom stereocenters. The van der Waals surface area contributed by atoms with Crippen molar-refractivity contribution in [1.29, 1.82) is 0 Å². The normalized spacial score (nSPS) is 11.4. The van der Waals surface area contributed by atoms with Crippen LogP contribution in [0.25, 0.3) is 33.3 Å². The molecule has 136 valence electrons. The van der Waals surface area contributed by atoms with Crippen molar-refractivity contribution in [1.82, 2.24) is 15.1 Å². The van der Waals surface area contributed by atoms with Gasteiger partial charge in [-0.1, -0.05) is 5.16 Å². The maximum atomic E-state index is 11.3. The SMILES string of the molecule is CC(C)N(C)c1nc2cc(C(=O)O)ccc2nc1-c1ccc2oncc2c1. The number of benzene rings is 2. The second-order valence-electron chi connectivity index (χ2n) is 6.69. The Kier molecular flexibility index (Phi) is 3.99. The third kappa shape index (κ3) is 2.97. The summed E-state index contributed by atoms with van der Waals surface area (Å²) in [5.74, 6) is -0.296. The Morgan fingerprint density at radius 1 is 1.11 bits per heavy atom. The molecule has 0 amide bonds. The monoisotopic (exact) mass is 362 g/mol. The van der Waals surface area contributed by atoms with Crippen molar-refractivity contribution in [3.8, 4) is 11.3 Å². The summed E-state index contributed by atoms with van der Waals surface area (Å²) < 4.78 is 5.18. The van der Waals surface area contributed by atoms with Crippen LogP contribution in [0.15, 0.2) is 47.1 Å². The molecule has 0 fully saturated rings. The Labute approximate surface area is 155 Å². The minimum absolute atomic E-state index is 0.189. The summed E-state index contributed by atoms with van der Waals surface area (Å²) in [5, 5.41) is 14.0. The average Bonchev–Trinajstić information content (AvgIpc) is 3.13. The van der Waals surface area contributed by atoms with E-state index >= 15 is 0 Å². The lowest BCUT2D eigenvalue weighted by Crippen LogP contribution is -2.27. The van der Waals surface area contributed by atoms with Crippen molar-refractivity contribution < 1.29 is 14.4 Å². The van der Waals surface area contributed by atoms with E-state index in [0.29, 0.717) is 22.4 Å². The summed E-state index contributed by atoms with van der Waals surface area (Å²) in [7, 11) is 1.95. The van der Waals surface area contributed by atoms with E-state index in [-0.39, 0.29) is 11.6 Å². The van der Waals surface area contributed by atoms with Crippen LogP contribution in [-0.4, -0.2) is 39.3 Å². The van der Waals surface area contributed by atoms with E-state index in [1.165, 1.54) is 6.07 Å². The van der Waals surface area contributed by atoms with Crippen molar-refractivity contribution >= 4 is 33.8 Å². The lowest BCUT2D eigenvalue weighted by atomic mass is 10.1. The Bertz CT molecular complexity index is 1170. The summed E-state index contributed by atoms with van der Waals surface area (Å²) in [5.41, 5.74) is 3.70. The zero-order valence-corrected chi connectivity index (χ0v) is 15.2. The molecule has 7 nitrogen and oxygen atoms in total. The number of hydrogen-bond donors (Lipinski definition) is 1. The zero-order valence-electron chi connectivity index (χ0n) is 15.2. The van der Waals surface area contributed by atoms with Gasteiger partial charge >= 0.3 is 5.97 Å². The van der Waals surface area contributed by atoms with Gasteiger partial charge in [-0.15, -0.1) is 0 Å². The molecule has 0 unspecified atom stereocenters. The Hall–Kier alpha value is -3.48. The molecule has 27 heavy (non-hydrogen) atoms. The summed E-state index contributed by atoms with van der Waals surface area (Å²) in [4.78, 5) is 22.8. The summed E-state index contributed by atoms with van der Waals surface area (Å²) in [6.45, 7) is 4.12. The van der Waals surface area contributed by atoms with Gasteiger partial charge in [-0.25, -0.2) is 14.8 Å². The van der Waals surface area contributed by atoms with Gasteiger partial charge in [0.1, 0.15) is 5.69 Å². The molecule has 0 aliphatic rings. The van der Waals surface area contributed by atoms with Crippen LogP contribution in [0.4, 0.5) is 5.82 Å². The summed E-state index contributed by atoms with van der Waals surface area (Å²) in [6.07, 6.45) is 1.66. The molecule has 4 rings (SSSR count). The second-order valence-corrected chi connectivity index (χ2v) is 6.69. The standard InChI is InChI=1S/C20H18N4O3/c1-11(2)24(3)19-18(12-5-7-17-14(8-12)10-21-27-17)22-15-6-4-13(20(25)26)9-16(15)23-19/h4-11H,1-3H3,(H,25,26). The van der Waals surface area contributed by atoms with Gasteiger partial charge in [-0.3, -0.25) is 0 Å². The van der Waals surface area contributed by atoms with Gasteiger partial charge < -0.3 is 14.5 Å². The van der Waals surface area contributed by atoms with E-state index in [0.717, 1.165) is 16.6 Å². The fraction of sp³-hybridized carbons (Fsp3) is 0.200. The topological polar surface area (TPSA) is 92.4 Å². The molecule has 0 saturated heterocycles. The number of carboxylic acid groups (broad SMARTS) is 1. The highest BCUT2D eigenvalue weighted by molar-refractivity contribution is 5.94. The van der Waals surface area contributed by atoms with Gasteiger partial charge in [0.25, 0.3) is 0 Å². The Balaban J connectivity index is 1.97. The minimum atomic E-state index is -0.987. The first-order chi connectivity index (χ1) is 12.9. The number of aromatic carboxylic acids is 1. The number of carboxylic acids is 1. The second kappa shape index (κ2) is 6.35. The lowest BCUT2D eigenvalue weighted by Gasteiger charge is -2.25. The number of aromatic nitrogens is 3. The molecule has 7 heteroatoms. The highest BCUT2D eigenvalue weighted by atomic mass is 16.5. The predicted octanol–water partition coefficient (Wildman–Crippen LogP) is 3.98. The predicted molar refractivity (Wildman–Crippen MR) is 103 cm³/mol. The average molecular weight is 362 g/mol. The number of hydrogen-bond acceptors (Lipinski definition) is 6. The number of fused-ring (bicyclic) bond motifs is 2. The van der Waals surface area contributed by atoms with Crippen LogP contribution < -0.4 is 4.90 Å². The number of rotatable bonds is 4. The summed E-state index contributed by atoms with van der Waals surface area (Å²) in [6, 6.07) is 10.7. The fourth-order valence-electron chi connectivity index (χ4n) is 2.88. The summed E-state index contributed by atoms with van der Waals surface area (Å²) >= 11 is 0. The van der Waals surface area contributed by atoms with Gasteiger partial charge in [-0.05, 0) is 50.2 Å². The molecule has 2 aromatic heterocycles. The van der Waals surface area contributed by atoms with E-state index in [2.05, 4.69) is 19.0 Å². The molecular weight excluding hydrogens is 344 g/mol. The number of anilines is 1. The molecule has 4 aromatic rings. The van der Waals surface area contributed by atoms with Crippen LogP contribution in [0.5, 0.6) is 0 Å². The van der Waals surface area contributed by atoms with Crippen LogP contribution in [0.3, 0.4) is 0 Å². The first-order valence-corrected chi connectivity index (χ1v) is 8.57. The molecule has 0 bridgehead atoms. The van der Waals surface area contributed by atoms with Crippen molar-refractivity contribution in [2.75, 3.05) is 11.9 Å². The molecule has 1 N–H and O–H groups in total. The molecule has 0 saturated carbocycles. The van der Waals surface area contributed by atoms with E-state index < -0.39 is 5.97 Å². The Morgan fingerprint density at radius 3 is 2.67 bits per heavy atom. The van der Waals surface area contributed by atoms with E-state index in [1.54, 1.807) is 18.3 Å². The number of carbonyl (C=O) groups is 1. The maximum absolute atomic E-state index is 11.3. The zero-order chi connectivity index (χ0) is 19.1. The van der Waals surface area contributed by atoms with Gasteiger partial charge in [0.2, 0.25) is 0 Å². The first kappa shape index (κ1) is 17.0. The largest absolute Gasteiger partial charge is 0.478 e. The van der Waals surface area contributed by atoms with Crippen molar-refractivity contribution in [3.63, 3.8) is 0 Å². The van der Waals surface area contributed by atoms with Crippen LogP contribution in [0.1, 0.15) is 24.2 Å². The Morgan fingerprint density at radius 2 is 1.93 bits per heavy atom. The van der Waals surface area contributed by atoms with E-state index in [9.17, 15) is 9.90 Å². The molecular formula is C20H18N4O3. The molecule has 0 radical (unpaired) electrons. The smallest absolute Gasteiger partial charge is 0.335 e. The van der Waals surface area contributed by atoms with Crippen molar-refractivity contribution in [2.24, 2.45) is 0 Å². The molecule has 0 spiro atoms. The van der Waals surface area contributed by atoms with Gasteiger partial charge in [0, 0.05) is 24.0 Å². The quantitative estimate of drug-likeness (QED) is 0.587. The van der Waals surface area contributed by atoms with Crippen LogP contribution in [0.2, 0.25) is 0 Å². The number of nitrogens with zero attached hydrogens (tertiary/aromatic N) is 4.